The summed E-state index contributed by atoms with van der Waals surface area (Å²) in [5.74, 6) is 1.12. The topological polar surface area (TPSA) is 77.6 Å². The van der Waals surface area contributed by atoms with Gasteiger partial charge in [-0.25, -0.2) is 9.97 Å². The zero-order valence-corrected chi connectivity index (χ0v) is 14.3. The van der Waals surface area contributed by atoms with Crippen LogP contribution in [0.25, 0.3) is 11.4 Å². The summed E-state index contributed by atoms with van der Waals surface area (Å²) in [4.78, 5) is 17.5. The summed E-state index contributed by atoms with van der Waals surface area (Å²) >= 11 is 1.51. The van der Waals surface area contributed by atoms with Crippen LogP contribution in [0.5, 0.6) is 0 Å². The number of thioether (sulfide) groups is 1. The fraction of sp³-hybridized carbons (Fsp3) is 0.312. The van der Waals surface area contributed by atoms with Crippen molar-refractivity contribution in [2.24, 2.45) is 0 Å². The highest BCUT2D eigenvalue weighted by molar-refractivity contribution is 7.99. The van der Waals surface area contributed by atoms with Crippen molar-refractivity contribution in [2.45, 2.75) is 38.1 Å². The van der Waals surface area contributed by atoms with Gasteiger partial charge in [0.1, 0.15) is 0 Å². The van der Waals surface area contributed by atoms with E-state index in [0.29, 0.717) is 11.7 Å². The molecule has 3 aromatic rings. The van der Waals surface area contributed by atoms with Crippen LogP contribution in [0.4, 0.5) is 0 Å². The number of pyridine rings is 1. The predicted molar refractivity (Wildman–Crippen MR) is 88.0 cm³/mol. The molecule has 0 fully saturated rings. The normalized spacial score (nSPS) is 12.3. The Kier molecular flexibility index (Phi) is 4.38. The molecule has 0 aliphatic rings. The number of rotatable bonds is 4. The third kappa shape index (κ3) is 3.39. The van der Waals surface area contributed by atoms with Gasteiger partial charge in [0.2, 0.25) is 11.7 Å². The largest absolute Gasteiger partial charge is 0.338 e. The molecule has 118 valence electrons. The van der Waals surface area contributed by atoms with Crippen molar-refractivity contribution in [2.75, 3.05) is 0 Å². The first-order valence-electron chi connectivity index (χ1n) is 7.27. The second-order valence-corrected chi connectivity index (χ2v) is 6.56. The van der Waals surface area contributed by atoms with Gasteiger partial charge in [0.05, 0.1) is 5.25 Å². The Hall–Kier alpha value is -2.28. The van der Waals surface area contributed by atoms with E-state index in [1.807, 2.05) is 39.8 Å². The predicted octanol–water partition coefficient (Wildman–Crippen LogP) is 3.70. The number of hydrogen-bond acceptors (Lipinski definition) is 7. The van der Waals surface area contributed by atoms with Crippen molar-refractivity contribution in [3.63, 3.8) is 0 Å². The van der Waals surface area contributed by atoms with Gasteiger partial charge in [0, 0.05) is 29.3 Å². The Morgan fingerprint density at radius 1 is 1.00 bits per heavy atom. The first-order valence-corrected chi connectivity index (χ1v) is 8.15. The SMILES string of the molecule is Cc1nc(SC(C)c2nc(-c3ccncc3)no2)nc(C)c1C. The number of nitrogens with zero attached hydrogens (tertiary/aromatic N) is 5. The molecular weight excluding hydrogens is 310 g/mol. The van der Waals surface area contributed by atoms with Crippen LogP contribution in [-0.4, -0.2) is 25.1 Å². The second kappa shape index (κ2) is 6.45. The van der Waals surface area contributed by atoms with E-state index in [-0.39, 0.29) is 5.25 Å². The van der Waals surface area contributed by atoms with Crippen molar-refractivity contribution in [1.29, 1.82) is 0 Å². The summed E-state index contributed by atoms with van der Waals surface area (Å²) in [7, 11) is 0. The van der Waals surface area contributed by atoms with E-state index in [2.05, 4.69) is 25.1 Å². The molecule has 3 aromatic heterocycles. The molecule has 0 radical (unpaired) electrons. The van der Waals surface area contributed by atoms with Gasteiger partial charge >= 0.3 is 0 Å². The van der Waals surface area contributed by atoms with Gasteiger partial charge in [-0.15, -0.1) is 0 Å². The van der Waals surface area contributed by atoms with E-state index in [1.165, 1.54) is 11.8 Å². The second-order valence-electron chi connectivity index (χ2n) is 5.25. The zero-order valence-electron chi connectivity index (χ0n) is 13.4. The lowest BCUT2D eigenvalue weighted by Gasteiger charge is -2.08. The van der Waals surface area contributed by atoms with Crippen molar-refractivity contribution < 1.29 is 4.52 Å². The highest BCUT2D eigenvalue weighted by Crippen LogP contribution is 2.33. The zero-order chi connectivity index (χ0) is 16.4. The number of hydrogen-bond donors (Lipinski definition) is 0. The molecule has 1 atom stereocenters. The number of aromatic nitrogens is 5. The van der Waals surface area contributed by atoms with Crippen LogP contribution >= 0.6 is 11.8 Å². The molecule has 3 rings (SSSR count). The molecule has 0 saturated carbocycles. The molecule has 0 aliphatic heterocycles. The Balaban J connectivity index is 1.79. The van der Waals surface area contributed by atoms with Crippen LogP contribution in [0.2, 0.25) is 0 Å². The van der Waals surface area contributed by atoms with E-state index in [0.717, 1.165) is 27.7 Å². The molecule has 0 aliphatic carbocycles. The maximum atomic E-state index is 5.38. The van der Waals surface area contributed by atoms with Crippen LogP contribution in [0.15, 0.2) is 34.2 Å². The molecule has 0 amide bonds. The van der Waals surface area contributed by atoms with Gasteiger partial charge in [0.15, 0.2) is 5.16 Å². The maximum Gasteiger partial charge on any atom is 0.240 e. The van der Waals surface area contributed by atoms with Crippen molar-refractivity contribution in [3.8, 4) is 11.4 Å². The van der Waals surface area contributed by atoms with Gasteiger partial charge in [-0.2, -0.15) is 4.98 Å². The molecule has 23 heavy (non-hydrogen) atoms. The molecule has 0 saturated heterocycles. The monoisotopic (exact) mass is 327 g/mol. The fourth-order valence-corrected chi connectivity index (χ4v) is 2.91. The average Bonchev–Trinajstić information content (AvgIpc) is 3.03. The maximum absolute atomic E-state index is 5.38. The lowest BCUT2D eigenvalue weighted by molar-refractivity contribution is 0.380. The van der Waals surface area contributed by atoms with Crippen LogP contribution in [0, 0.1) is 20.8 Å². The minimum Gasteiger partial charge on any atom is -0.338 e. The molecule has 7 heteroatoms. The summed E-state index contributed by atoms with van der Waals surface area (Å²) in [5.41, 5.74) is 4.00. The van der Waals surface area contributed by atoms with Gasteiger partial charge in [0.25, 0.3) is 0 Å². The Labute approximate surface area is 138 Å². The Morgan fingerprint density at radius 3 is 2.30 bits per heavy atom. The fourth-order valence-electron chi connectivity index (χ4n) is 2.02. The first kappa shape index (κ1) is 15.6. The highest BCUT2D eigenvalue weighted by Gasteiger charge is 2.18. The molecule has 3 heterocycles. The lowest BCUT2D eigenvalue weighted by atomic mass is 10.2. The van der Waals surface area contributed by atoms with Gasteiger partial charge in [-0.3, -0.25) is 4.98 Å². The summed E-state index contributed by atoms with van der Waals surface area (Å²) in [6.07, 6.45) is 3.41. The molecule has 1 unspecified atom stereocenters. The minimum atomic E-state index is -0.0282. The van der Waals surface area contributed by atoms with Crippen LogP contribution < -0.4 is 0 Å². The molecule has 0 N–H and O–H groups in total. The third-order valence-electron chi connectivity index (χ3n) is 3.62. The van der Waals surface area contributed by atoms with Gasteiger partial charge < -0.3 is 4.52 Å². The van der Waals surface area contributed by atoms with Crippen LogP contribution in [0.1, 0.15) is 35.0 Å². The standard InChI is InChI=1S/C16H17N5OS/c1-9-10(2)18-16(19-11(9)3)23-12(4)15-20-14(21-22-15)13-5-7-17-8-6-13/h5-8,12H,1-4H3. The van der Waals surface area contributed by atoms with Crippen molar-refractivity contribution in [1.82, 2.24) is 25.1 Å². The Morgan fingerprint density at radius 2 is 1.65 bits per heavy atom. The van der Waals surface area contributed by atoms with E-state index in [4.69, 9.17) is 4.52 Å². The van der Waals surface area contributed by atoms with Gasteiger partial charge in [-0.1, -0.05) is 16.9 Å². The molecule has 0 bridgehead atoms. The Bertz CT molecular complexity index is 795. The van der Waals surface area contributed by atoms with Crippen LogP contribution in [-0.2, 0) is 0 Å². The summed E-state index contributed by atoms with van der Waals surface area (Å²) in [6, 6.07) is 3.70. The molecule has 6 nitrogen and oxygen atoms in total. The lowest BCUT2D eigenvalue weighted by Crippen LogP contribution is -1.99. The van der Waals surface area contributed by atoms with Crippen molar-refractivity contribution in [3.05, 3.63) is 47.4 Å². The molecule has 0 spiro atoms. The van der Waals surface area contributed by atoms with E-state index < -0.39 is 0 Å². The first-order chi connectivity index (χ1) is 11.0. The van der Waals surface area contributed by atoms with E-state index in [9.17, 15) is 0 Å². The summed E-state index contributed by atoms with van der Waals surface area (Å²) in [6.45, 7) is 8.02. The van der Waals surface area contributed by atoms with E-state index in [1.54, 1.807) is 12.4 Å². The summed E-state index contributed by atoms with van der Waals surface area (Å²) < 4.78 is 5.38. The third-order valence-corrected chi connectivity index (χ3v) is 4.57. The summed E-state index contributed by atoms with van der Waals surface area (Å²) in [5, 5.41) is 4.73. The van der Waals surface area contributed by atoms with Crippen molar-refractivity contribution >= 4 is 11.8 Å². The highest BCUT2D eigenvalue weighted by atomic mass is 32.2. The van der Waals surface area contributed by atoms with Gasteiger partial charge in [-0.05, 0) is 45.4 Å². The minimum absolute atomic E-state index is 0.0282. The van der Waals surface area contributed by atoms with E-state index >= 15 is 0 Å². The number of aryl methyl sites for hydroxylation is 2. The quantitative estimate of drug-likeness (QED) is 0.534. The van der Waals surface area contributed by atoms with Crippen LogP contribution in [0.3, 0.4) is 0 Å². The smallest absolute Gasteiger partial charge is 0.240 e. The average molecular weight is 327 g/mol. The molecule has 0 aromatic carbocycles. The molecular formula is C16H17N5OS.